The summed E-state index contributed by atoms with van der Waals surface area (Å²) in [6.07, 6.45) is 8.16. The lowest BCUT2D eigenvalue weighted by Crippen LogP contribution is -2.44. The molecule has 1 fully saturated rings. The quantitative estimate of drug-likeness (QED) is 0.119. The first kappa shape index (κ1) is 34.5. The number of carbonyl (C=O) groups excluding carboxylic acids is 4. The molecule has 0 aromatic heterocycles. The molecule has 0 aliphatic carbocycles. The van der Waals surface area contributed by atoms with Crippen LogP contribution in [0.25, 0.3) is 0 Å². The molecule has 1 heterocycles. The topological polar surface area (TPSA) is 134 Å². The Kier molecular flexibility index (Phi) is 16.7. The van der Waals surface area contributed by atoms with Crippen molar-refractivity contribution in [1.82, 2.24) is 15.5 Å². The second-order valence-corrected chi connectivity index (χ2v) is 10.5. The lowest BCUT2D eigenvalue weighted by atomic mass is 9.98. The minimum atomic E-state index is -0.623. The van der Waals surface area contributed by atoms with Crippen molar-refractivity contribution in [3.05, 3.63) is 61.2 Å². The van der Waals surface area contributed by atoms with Crippen molar-refractivity contribution in [2.75, 3.05) is 26.3 Å². The maximum atomic E-state index is 13.3. The zero-order valence-electron chi connectivity index (χ0n) is 24.6. The van der Waals surface area contributed by atoms with Crippen molar-refractivity contribution in [2.24, 2.45) is 5.92 Å². The van der Waals surface area contributed by atoms with Crippen molar-refractivity contribution in [2.45, 2.75) is 82.9 Å². The van der Waals surface area contributed by atoms with Crippen molar-refractivity contribution in [3.8, 4) is 0 Å². The molecule has 3 N–H and O–H groups in total. The van der Waals surface area contributed by atoms with Crippen molar-refractivity contribution >= 4 is 23.9 Å². The van der Waals surface area contributed by atoms with E-state index < -0.39 is 18.1 Å². The van der Waals surface area contributed by atoms with E-state index in [4.69, 9.17) is 9.47 Å². The van der Waals surface area contributed by atoms with Gasteiger partial charge in [-0.2, -0.15) is 0 Å². The number of benzene rings is 1. The Balaban J connectivity index is 1.87. The lowest BCUT2D eigenvalue weighted by Gasteiger charge is -2.26. The Morgan fingerprint density at radius 2 is 1.86 bits per heavy atom. The predicted octanol–water partition coefficient (Wildman–Crippen LogP) is 4.03. The highest BCUT2D eigenvalue weighted by Crippen LogP contribution is 2.21. The number of amides is 3. The van der Waals surface area contributed by atoms with Gasteiger partial charge in [-0.05, 0) is 56.9 Å². The monoisotopic (exact) mass is 585 g/mol. The van der Waals surface area contributed by atoms with Crippen LogP contribution in [0.4, 0.5) is 4.79 Å². The van der Waals surface area contributed by atoms with Gasteiger partial charge in [0.05, 0.1) is 24.6 Å². The number of hydrogen-bond donors (Lipinski definition) is 3. The van der Waals surface area contributed by atoms with Gasteiger partial charge in [0.15, 0.2) is 0 Å². The van der Waals surface area contributed by atoms with E-state index in [1.54, 1.807) is 17.1 Å². The van der Waals surface area contributed by atoms with Crippen molar-refractivity contribution in [1.29, 1.82) is 0 Å². The normalized spacial score (nSPS) is 15.7. The lowest BCUT2D eigenvalue weighted by molar-refractivity contribution is -0.145. The smallest absolute Gasteiger partial charge is 0.407 e. The number of aliphatic hydroxyl groups excluding tert-OH is 1. The molecule has 0 saturated carbocycles. The summed E-state index contributed by atoms with van der Waals surface area (Å²) in [6, 6.07) is 8.74. The maximum Gasteiger partial charge on any atom is 0.407 e. The second kappa shape index (κ2) is 20.3. The Bertz CT molecular complexity index is 1000. The number of ether oxygens (including phenoxy) is 2. The third kappa shape index (κ3) is 13.3. The number of aliphatic hydroxyl groups is 1. The first-order chi connectivity index (χ1) is 20.4. The number of unbranched alkanes of at least 4 members (excludes halogenated alkanes) is 2. The van der Waals surface area contributed by atoms with E-state index in [0.717, 1.165) is 18.4 Å². The number of esters is 1. The van der Waals surface area contributed by atoms with Gasteiger partial charge in [-0.1, -0.05) is 42.5 Å². The Morgan fingerprint density at radius 3 is 2.57 bits per heavy atom. The first-order valence-corrected chi connectivity index (χ1v) is 14.9. The molecule has 10 nitrogen and oxygen atoms in total. The molecule has 232 valence electrons. The molecule has 3 atom stereocenters. The van der Waals surface area contributed by atoms with Crippen LogP contribution in [0.2, 0.25) is 0 Å². The number of carbonyl (C=O) groups is 4. The van der Waals surface area contributed by atoms with Gasteiger partial charge in [0.25, 0.3) is 0 Å². The standard InChI is InChI=1S/C32H47N3O7/c1-3-5-7-18-30(38)41-24-27(16-10-11-19-33-32(40)42-23-25-14-8-6-9-15-25)34-31(39)26(13-4-2)21-29(37)35-20-12-17-28(35)22-36/h3-4,6,8-9,14-15,26-28,36H,1-2,5,7,10-13,16-24H2,(H,33,40)(H,34,39)/t26-,27-,28-/m0/s1. The van der Waals surface area contributed by atoms with Gasteiger partial charge in [-0.25, -0.2) is 4.79 Å². The molecule has 0 radical (unpaired) electrons. The van der Waals surface area contributed by atoms with Crippen LogP contribution in [0.15, 0.2) is 55.6 Å². The highest BCUT2D eigenvalue weighted by molar-refractivity contribution is 5.86. The molecule has 1 aromatic carbocycles. The van der Waals surface area contributed by atoms with Crippen LogP contribution in [-0.4, -0.2) is 72.3 Å². The number of likely N-dealkylation sites (tertiary alicyclic amines) is 1. The minimum absolute atomic E-state index is 0.0113. The van der Waals surface area contributed by atoms with Crippen LogP contribution >= 0.6 is 0 Å². The molecule has 0 unspecified atom stereocenters. The second-order valence-electron chi connectivity index (χ2n) is 10.5. The fourth-order valence-corrected chi connectivity index (χ4v) is 4.82. The summed E-state index contributed by atoms with van der Waals surface area (Å²) in [5.74, 6) is -1.44. The van der Waals surface area contributed by atoms with Crippen LogP contribution in [0, 0.1) is 5.92 Å². The molecule has 1 aromatic rings. The van der Waals surface area contributed by atoms with Crippen LogP contribution < -0.4 is 10.6 Å². The number of rotatable bonds is 20. The van der Waals surface area contributed by atoms with Gasteiger partial charge >= 0.3 is 12.1 Å². The number of nitrogens with one attached hydrogen (secondary N) is 2. The van der Waals surface area contributed by atoms with Gasteiger partial charge in [0.2, 0.25) is 11.8 Å². The zero-order chi connectivity index (χ0) is 30.6. The summed E-state index contributed by atoms with van der Waals surface area (Å²) >= 11 is 0. The number of hydrogen-bond acceptors (Lipinski definition) is 7. The maximum absolute atomic E-state index is 13.3. The highest BCUT2D eigenvalue weighted by Gasteiger charge is 2.31. The van der Waals surface area contributed by atoms with E-state index in [1.807, 2.05) is 30.3 Å². The molecule has 1 saturated heterocycles. The van der Waals surface area contributed by atoms with Crippen LogP contribution in [0.1, 0.15) is 69.8 Å². The molecular weight excluding hydrogens is 538 g/mol. The number of alkyl carbamates (subject to hydrolysis) is 1. The first-order valence-electron chi connectivity index (χ1n) is 14.9. The molecule has 10 heteroatoms. The van der Waals surface area contributed by atoms with Gasteiger partial charge < -0.3 is 30.1 Å². The van der Waals surface area contributed by atoms with Crippen molar-refractivity contribution < 1.29 is 33.8 Å². The molecule has 0 spiro atoms. The van der Waals surface area contributed by atoms with E-state index >= 15 is 0 Å². The summed E-state index contributed by atoms with van der Waals surface area (Å²) in [5, 5.41) is 15.3. The summed E-state index contributed by atoms with van der Waals surface area (Å²) < 4.78 is 10.7. The molecule has 42 heavy (non-hydrogen) atoms. The van der Waals surface area contributed by atoms with Gasteiger partial charge in [-0.3, -0.25) is 14.4 Å². The van der Waals surface area contributed by atoms with Crippen LogP contribution in [0.5, 0.6) is 0 Å². The van der Waals surface area contributed by atoms with Gasteiger partial charge in [0, 0.05) is 25.9 Å². The summed E-state index contributed by atoms with van der Waals surface area (Å²) in [4.78, 5) is 52.0. The largest absolute Gasteiger partial charge is 0.463 e. The SMILES string of the molecule is C=CCCCC(=O)OC[C@H](CCCCNC(=O)OCc1ccccc1)NC(=O)[C@@H](CC=C)CC(=O)N1CCC[C@H]1CO. The Labute approximate surface area is 249 Å². The van der Waals surface area contributed by atoms with Crippen LogP contribution in [0.3, 0.4) is 0 Å². The average Bonchev–Trinajstić information content (AvgIpc) is 3.48. The molecular formula is C32H47N3O7. The number of allylic oxidation sites excluding steroid dienone is 2. The van der Waals surface area contributed by atoms with E-state index in [9.17, 15) is 24.3 Å². The fraction of sp³-hybridized carbons (Fsp3) is 0.562. The predicted molar refractivity (Wildman–Crippen MR) is 160 cm³/mol. The van der Waals surface area contributed by atoms with Gasteiger partial charge in [0.1, 0.15) is 13.2 Å². The fourth-order valence-electron chi connectivity index (χ4n) is 4.82. The van der Waals surface area contributed by atoms with Gasteiger partial charge in [-0.15, -0.1) is 13.2 Å². The minimum Gasteiger partial charge on any atom is -0.463 e. The average molecular weight is 586 g/mol. The summed E-state index contributed by atoms with van der Waals surface area (Å²) in [5.41, 5.74) is 0.898. The Morgan fingerprint density at radius 1 is 1.07 bits per heavy atom. The molecule has 2 rings (SSSR count). The molecule has 1 aliphatic heterocycles. The third-order valence-corrected chi connectivity index (χ3v) is 7.19. The van der Waals surface area contributed by atoms with Crippen LogP contribution in [-0.2, 0) is 30.5 Å². The molecule has 3 amide bonds. The molecule has 1 aliphatic rings. The third-order valence-electron chi connectivity index (χ3n) is 7.19. The van der Waals surface area contributed by atoms with E-state index in [-0.39, 0.29) is 56.5 Å². The Hall–Kier alpha value is -3.66. The van der Waals surface area contributed by atoms with Crippen molar-refractivity contribution in [3.63, 3.8) is 0 Å². The zero-order valence-corrected chi connectivity index (χ0v) is 24.6. The summed E-state index contributed by atoms with van der Waals surface area (Å²) in [6.45, 7) is 8.47. The summed E-state index contributed by atoms with van der Waals surface area (Å²) in [7, 11) is 0. The molecule has 0 bridgehead atoms. The highest BCUT2D eigenvalue weighted by atomic mass is 16.5. The van der Waals surface area contributed by atoms with E-state index in [1.165, 1.54) is 0 Å². The van der Waals surface area contributed by atoms with E-state index in [2.05, 4.69) is 23.8 Å². The van der Waals surface area contributed by atoms with E-state index in [0.29, 0.717) is 51.6 Å². The number of nitrogens with zero attached hydrogens (tertiary/aromatic N) is 1.